The number of thiophene rings is 1. The van der Waals surface area contributed by atoms with Gasteiger partial charge in [-0.25, -0.2) is 4.79 Å². The van der Waals surface area contributed by atoms with Gasteiger partial charge in [-0.2, -0.15) is 0 Å². The minimum Gasteiger partial charge on any atom is -0.463 e. The fourth-order valence-corrected chi connectivity index (χ4v) is 5.53. The highest BCUT2D eigenvalue weighted by atomic mass is 32.1. The van der Waals surface area contributed by atoms with Gasteiger partial charge in [-0.3, -0.25) is 29.3 Å². The molecular formula is C30H29NO15S. The summed E-state index contributed by atoms with van der Waals surface area (Å²) >= 11 is 1.30. The number of non-ortho nitro benzene ring substituents is 1. The van der Waals surface area contributed by atoms with Crippen molar-refractivity contribution in [3.63, 3.8) is 0 Å². The molecule has 16 nitrogen and oxygen atoms in total. The summed E-state index contributed by atoms with van der Waals surface area (Å²) in [5, 5.41) is 13.1. The van der Waals surface area contributed by atoms with Crippen LogP contribution in [0, 0.1) is 10.1 Å². The number of fused-ring (bicyclic) bond motifs is 1. The molecule has 0 spiro atoms. The maximum absolute atomic E-state index is 12.3. The van der Waals surface area contributed by atoms with Crippen LogP contribution in [0.3, 0.4) is 0 Å². The number of hydrogen-bond acceptors (Lipinski definition) is 16. The molecule has 3 aromatic rings. The molecule has 0 saturated carbocycles. The number of hydrogen-bond donors (Lipinski definition) is 0. The Hall–Kier alpha value is -5.29. The van der Waals surface area contributed by atoms with E-state index in [1.807, 2.05) is 0 Å². The molecule has 0 amide bonds. The molecular weight excluding hydrogens is 646 g/mol. The number of nitrogens with zero attached hydrogens (tertiary/aromatic N) is 1. The van der Waals surface area contributed by atoms with Crippen LogP contribution in [0.1, 0.15) is 33.3 Å². The van der Waals surface area contributed by atoms with E-state index < -0.39 is 72.3 Å². The quantitative estimate of drug-likeness (QED) is 0.0927. The van der Waals surface area contributed by atoms with E-state index in [0.717, 1.165) is 27.7 Å². The van der Waals surface area contributed by atoms with E-state index in [9.17, 15) is 34.1 Å². The van der Waals surface area contributed by atoms with Crippen LogP contribution in [0.25, 0.3) is 10.1 Å². The normalized spacial score (nSPS) is 20.4. The first-order valence-corrected chi connectivity index (χ1v) is 14.8. The molecule has 1 fully saturated rings. The number of benzene rings is 2. The summed E-state index contributed by atoms with van der Waals surface area (Å²) in [5.74, 6) is -2.70. The first kappa shape index (κ1) is 34.6. The van der Waals surface area contributed by atoms with Crippen LogP contribution < -0.4 is 9.47 Å². The molecule has 250 valence electrons. The molecule has 2 aromatic carbocycles. The lowest BCUT2D eigenvalue weighted by Crippen LogP contribution is -2.63. The van der Waals surface area contributed by atoms with Gasteiger partial charge < -0.3 is 37.9 Å². The molecule has 0 unspecified atom stereocenters. The van der Waals surface area contributed by atoms with Crippen LogP contribution >= 0.6 is 11.3 Å². The Morgan fingerprint density at radius 3 is 2.06 bits per heavy atom. The van der Waals surface area contributed by atoms with Gasteiger partial charge in [0.1, 0.15) is 30.8 Å². The third-order valence-electron chi connectivity index (χ3n) is 6.44. The van der Waals surface area contributed by atoms with Crippen LogP contribution in [0.4, 0.5) is 10.5 Å². The minimum atomic E-state index is -1.45. The molecule has 1 aliphatic heterocycles. The Bertz CT molecular complexity index is 1650. The van der Waals surface area contributed by atoms with E-state index in [1.54, 1.807) is 23.6 Å². The smallest absolute Gasteiger partial charge is 0.463 e. The average Bonchev–Trinajstić information content (AvgIpc) is 3.49. The zero-order valence-corrected chi connectivity index (χ0v) is 26.2. The number of carbonyl (C=O) groups is 5. The Balaban J connectivity index is 1.57. The van der Waals surface area contributed by atoms with Gasteiger partial charge >= 0.3 is 30.0 Å². The first-order valence-electron chi connectivity index (χ1n) is 13.9. The summed E-state index contributed by atoms with van der Waals surface area (Å²) in [5.41, 5.74) is 0.404. The first-order chi connectivity index (χ1) is 22.3. The predicted octanol–water partition coefficient (Wildman–Crippen LogP) is 3.99. The molecule has 0 aliphatic carbocycles. The standard InChI is InChI=1S/C30H29NO15S/c1-15(32)39-14-24-25(41-16(2)33)26(42-17(3)34)27(43-18(4)35)29(46-24)45-23-10-5-19(28-22(23)11-12-47-28)13-40-30(36)44-21-8-6-20(7-9-21)31(37)38/h5-12,24-27,29H,13-14H2,1-4H3/t24-,25+,26+,27-,29-/m1/s1. The van der Waals surface area contributed by atoms with Gasteiger partial charge in [0, 0.05) is 55.5 Å². The lowest BCUT2D eigenvalue weighted by Gasteiger charge is -2.44. The number of nitro benzene ring substituents is 1. The van der Waals surface area contributed by atoms with Crippen molar-refractivity contribution in [2.45, 2.75) is 65.0 Å². The highest BCUT2D eigenvalue weighted by Gasteiger charge is 2.53. The van der Waals surface area contributed by atoms with Crippen molar-refractivity contribution in [1.29, 1.82) is 0 Å². The molecule has 1 saturated heterocycles. The van der Waals surface area contributed by atoms with Crippen molar-refractivity contribution in [3.8, 4) is 11.5 Å². The van der Waals surface area contributed by atoms with Crippen molar-refractivity contribution >= 4 is 57.1 Å². The molecule has 2 heterocycles. The zero-order chi connectivity index (χ0) is 34.2. The van der Waals surface area contributed by atoms with Crippen molar-refractivity contribution in [3.05, 3.63) is 63.5 Å². The van der Waals surface area contributed by atoms with Crippen LogP contribution in [-0.4, -0.2) is 72.3 Å². The van der Waals surface area contributed by atoms with E-state index in [4.69, 9.17) is 37.9 Å². The van der Waals surface area contributed by atoms with Gasteiger partial charge in [-0.15, -0.1) is 11.3 Å². The summed E-state index contributed by atoms with van der Waals surface area (Å²) in [4.78, 5) is 70.4. The van der Waals surface area contributed by atoms with E-state index in [0.29, 0.717) is 15.6 Å². The van der Waals surface area contributed by atoms with Crippen LogP contribution in [-0.2, 0) is 54.2 Å². The lowest BCUT2D eigenvalue weighted by molar-refractivity contribution is -0.384. The third kappa shape index (κ3) is 9.14. The number of nitro groups is 1. The number of esters is 4. The van der Waals surface area contributed by atoms with Gasteiger partial charge in [-0.1, -0.05) is 6.07 Å². The molecule has 47 heavy (non-hydrogen) atoms. The monoisotopic (exact) mass is 675 g/mol. The van der Waals surface area contributed by atoms with E-state index in [1.165, 1.54) is 35.6 Å². The molecule has 0 N–H and O–H groups in total. The Morgan fingerprint density at radius 2 is 1.45 bits per heavy atom. The molecule has 0 radical (unpaired) electrons. The minimum absolute atomic E-state index is 0.0513. The lowest BCUT2D eigenvalue weighted by atomic mass is 9.98. The number of carbonyl (C=O) groups excluding carboxylic acids is 5. The molecule has 5 atom stereocenters. The van der Waals surface area contributed by atoms with E-state index in [-0.39, 0.29) is 23.8 Å². The van der Waals surface area contributed by atoms with Crippen LogP contribution in [0.5, 0.6) is 11.5 Å². The van der Waals surface area contributed by atoms with Gasteiger partial charge in [0.25, 0.3) is 5.69 Å². The summed E-state index contributed by atoms with van der Waals surface area (Å²) in [6.07, 6.45) is -7.87. The summed E-state index contributed by atoms with van der Waals surface area (Å²) in [6.45, 7) is 3.88. The second kappa shape index (κ2) is 15.3. The van der Waals surface area contributed by atoms with Gasteiger partial charge in [-0.05, 0) is 29.6 Å². The second-order valence-corrected chi connectivity index (χ2v) is 10.9. The fourth-order valence-electron chi connectivity index (χ4n) is 4.62. The zero-order valence-electron chi connectivity index (χ0n) is 25.4. The van der Waals surface area contributed by atoms with E-state index in [2.05, 4.69) is 0 Å². The predicted molar refractivity (Wildman–Crippen MR) is 158 cm³/mol. The maximum atomic E-state index is 12.3. The highest BCUT2D eigenvalue weighted by molar-refractivity contribution is 7.17. The Kier molecular flexibility index (Phi) is 11.3. The number of ether oxygens (including phenoxy) is 8. The molecule has 17 heteroatoms. The van der Waals surface area contributed by atoms with Gasteiger partial charge in [0.05, 0.1) is 4.92 Å². The molecule has 1 aliphatic rings. The third-order valence-corrected chi connectivity index (χ3v) is 7.43. The molecule has 0 bridgehead atoms. The summed E-state index contributed by atoms with van der Waals surface area (Å²) in [7, 11) is 0. The van der Waals surface area contributed by atoms with Crippen molar-refractivity contribution < 1.29 is 66.8 Å². The maximum Gasteiger partial charge on any atom is 0.514 e. The van der Waals surface area contributed by atoms with Crippen LogP contribution in [0.2, 0.25) is 0 Å². The topological polar surface area (TPSA) is 202 Å². The highest BCUT2D eigenvalue weighted by Crippen LogP contribution is 2.37. The molecule has 1 aromatic heterocycles. The molecule has 4 rings (SSSR count). The Labute approximate surface area is 270 Å². The largest absolute Gasteiger partial charge is 0.514 e. The summed E-state index contributed by atoms with van der Waals surface area (Å²) < 4.78 is 44.6. The fraction of sp³-hybridized carbons (Fsp3) is 0.367. The second-order valence-electron chi connectivity index (χ2n) is 9.96. The SMILES string of the molecule is CC(=O)OC[C@H]1O[C@@H](Oc2ccc(COC(=O)Oc3ccc([N+](=O)[O-])cc3)c3sccc23)[C@H](OC(C)=O)[C@@H](OC(C)=O)[C@H]1OC(C)=O. The Morgan fingerprint density at radius 1 is 0.809 bits per heavy atom. The van der Waals surface area contributed by atoms with Gasteiger partial charge in [0.15, 0.2) is 12.2 Å². The van der Waals surface area contributed by atoms with Crippen molar-refractivity contribution in [2.75, 3.05) is 6.61 Å². The van der Waals surface area contributed by atoms with Crippen molar-refractivity contribution in [1.82, 2.24) is 0 Å². The van der Waals surface area contributed by atoms with E-state index >= 15 is 0 Å². The average molecular weight is 676 g/mol. The number of rotatable bonds is 11. The van der Waals surface area contributed by atoms with Gasteiger partial charge in [0.2, 0.25) is 12.4 Å². The summed E-state index contributed by atoms with van der Waals surface area (Å²) in [6, 6.07) is 9.76. The van der Waals surface area contributed by atoms with Crippen molar-refractivity contribution in [2.24, 2.45) is 0 Å². The van der Waals surface area contributed by atoms with Crippen LogP contribution in [0.15, 0.2) is 47.8 Å².